The van der Waals surface area contributed by atoms with E-state index in [1.54, 1.807) is 12.1 Å². The molecule has 0 atom stereocenters. The highest BCUT2D eigenvalue weighted by atomic mass is 15.1. The molecule has 3 N–H and O–H groups in total. The second kappa shape index (κ2) is 3.90. The number of rotatable bonds is 1. The van der Waals surface area contributed by atoms with E-state index in [0.717, 1.165) is 22.0 Å². The summed E-state index contributed by atoms with van der Waals surface area (Å²) >= 11 is 0. The van der Waals surface area contributed by atoms with E-state index in [1.807, 2.05) is 30.3 Å². The first kappa shape index (κ1) is 10.4. The van der Waals surface area contributed by atoms with Gasteiger partial charge in [0.2, 0.25) is 0 Å². The number of fused-ring (bicyclic) bond motifs is 1. The van der Waals surface area contributed by atoms with Crippen LogP contribution in [0.1, 0.15) is 5.56 Å². The zero-order chi connectivity index (χ0) is 12.5. The molecule has 0 aliphatic carbocycles. The van der Waals surface area contributed by atoms with E-state index in [0.29, 0.717) is 11.4 Å². The van der Waals surface area contributed by atoms with Crippen LogP contribution in [0, 0.1) is 11.3 Å². The Bertz CT molecular complexity index is 748. The average molecular weight is 234 g/mol. The highest BCUT2D eigenvalue weighted by molar-refractivity contribution is 5.91. The molecule has 0 saturated heterocycles. The van der Waals surface area contributed by atoms with Gasteiger partial charge in [0, 0.05) is 5.39 Å². The van der Waals surface area contributed by atoms with Crippen molar-refractivity contribution in [1.82, 2.24) is 10.2 Å². The summed E-state index contributed by atoms with van der Waals surface area (Å²) in [5.74, 6) is 0.511. The second-order valence-electron chi connectivity index (χ2n) is 4.06. The minimum absolute atomic E-state index is 0.511. The molecule has 0 radical (unpaired) electrons. The van der Waals surface area contributed by atoms with Gasteiger partial charge in [0.05, 0.1) is 17.1 Å². The molecule has 3 aromatic rings. The molecule has 1 aromatic heterocycles. The van der Waals surface area contributed by atoms with E-state index in [1.165, 1.54) is 0 Å². The van der Waals surface area contributed by atoms with Crippen LogP contribution in [0.2, 0.25) is 0 Å². The average Bonchev–Trinajstić information content (AvgIpc) is 2.80. The lowest BCUT2D eigenvalue weighted by Crippen LogP contribution is -1.83. The molecule has 0 saturated carbocycles. The van der Waals surface area contributed by atoms with Crippen LogP contribution < -0.4 is 5.73 Å². The summed E-state index contributed by atoms with van der Waals surface area (Å²) in [4.78, 5) is 0. The zero-order valence-corrected chi connectivity index (χ0v) is 9.51. The Morgan fingerprint density at radius 1 is 1.06 bits per heavy atom. The maximum atomic E-state index is 8.77. The van der Waals surface area contributed by atoms with Gasteiger partial charge in [0.15, 0.2) is 5.82 Å². The molecule has 0 fully saturated rings. The van der Waals surface area contributed by atoms with Crippen LogP contribution in [0.4, 0.5) is 5.82 Å². The fourth-order valence-electron chi connectivity index (χ4n) is 1.96. The normalized spacial score (nSPS) is 10.4. The first-order valence-corrected chi connectivity index (χ1v) is 5.52. The lowest BCUT2D eigenvalue weighted by molar-refractivity contribution is 1.13. The van der Waals surface area contributed by atoms with Gasteiger partial charge in [-0.1, -0.05) is 18.2 Å². The number of H-pyrrole nitrogens is 1. The molecule has 0 bridgehead atoms. The summed E-state index contributed by atoms with van der Waals surface area (Å²) in [6.45, 7) is 0. The largest absolute Gasteiger partial charge is 0.382 e. The number of nitrogens with zero attached hydrogens (tertiary/aromatic N) is 2. The quantitative estimate of drug-likeness (QED) is 0.679. The Kier molecular flexibility index (Phi) is 2.24. The highest BCUT2D eigenvalue weighted by Crippen LogP contribution is 2.25. The molecule has 0 aliphatic heterocycles. The van der Waals surface area contributed by atoms with Crippen molar-refractivity contribution in [3.63, 3.8) is 0 Å². The standard InChI is InChI=1S/C14H10N4/c15-8-9-1-3-10(4-2-9)11-5-6-12-13(7-11)17-18-14(12)16/h1-7H,(H3,16,17,18). The van der Waals surface area contributed by atoms with Crippen LogP contribution in [0.3, 0.4) is 0 Å². The Balaban J connectivity index is 2.10. The molecule has 0 spiro atoms. The van der Waals surface area contributed by atoms with Gasteiger partial charge >= 0.3 is 0 Å². The van der Waals surface area contributed by atoms with Crippen molar-refractivity contribution in [2.75, 3.05) is 5.73 Å². The lowest BCUT2D eigenvalue weighted by Gasteiger charge is -2.01. The molecule has 18 heavy (non-hydrogen) atoms. The number of benzene rings is 2. The third kappa shape index (κ3) is 1.59. The van der Waals surface area contributed by atoms with E-state index in [4.69, 9.17) is 11.0 Å². The minimum atomic E-state index is 0.511. The molecular formula is C14H10N4. The summed E-state index contributed by atoms with van der Waals surface area (Å²) < 4.78 is 0. The van der Waals surface area contributed by atoms with E-state index in [-0.39, 0.29) is 0 Å². The number of aromatic amines is 1. The molecule has 86 valence electrons. The first-order valence-electron chi connectivity index (χ1n) is 5.52. The zero-order valence-electron chi connectivity index (χ0n) is 9.51. The molecule has 0 aliphatic rings. The molecule has 2 aromatic carbocycles. The van der Waals surface area contributed by atoms with Crippen LogP contribution in [0.15, 0.2) is 42.5 Å². The number of aromatic nitrogens is 2. The lowest BCUT2D eigenvalue weighted by atomic mass is 10.0. The Hall–Kier alpha value is -2.80. The van der Waals surface area contributed by atoms with Crippen molar-refractivity contribution in [3.05, 3.63) is 48.0 Å². The monoisotopic (exact) mass is 234 g/mol. The van der Waals surface area contributed by atoms with Crippen molar-refractivity contribution in [2.24, 2.45) is 0 Å². The Morgan fingerprint density at radius 2 is 1.78 bits per heavy atom. The van der Waals surface area contributed by atoms with Crippen LogP contribution in [-0.4, -0.2) is 10.2 Å². The van der Waals surface area contributed by atoms with Gasteiger partial charge in [-0.3, -0.25) is 5.10 Å². The van der Waals surface area contributed by atoms with Crippen molar-refractivity contribution >= 4 is 16.7 Å². The first-order chi connectivity index (χ1) is 8.78. The smallest absolute Gasteiger partial charge is 0.153 e. The van der Waals surface area contributed by atoms with Crippen molar-refractivity contribution < 1.29 is 0 Å². The molecule has 1 heterocycles. The maximum Gasteiger partial charge on any atom is 0.153 e. The van der Waals surface area contributed by atoms with Crippen molar-refractivity contribution in [2.45, 2.75) is 0 Å². The van der Waals surface area contributed by atoms with Gasteiger partial charge in [0.1, 0.15) is 0 Å². The van der Waals surface area contributed by atoms with Crippen LogP contribution in [0.25, 0.3) is 22.0 Å². The third-order valence-electron chi connectivity index (χ3n) is 2.94. The summed E-state index contributed by atoms with van der Waals surface area (Å²) in [7, 11) is 0. The number of hydrogen-bond donors (Lipinski definition) is 2. The molecular weight excluding hydrogens is 224 g/mol. The second-order valence-corrected chi connectivity index (χ2v) is 4.06. The molecule has 3 rings (SSSR count). The molecule has 0 unspecified atom stereocenters. The fourth-order valence-corrected chi connectivity index (χ4v) is 1.96. The van der Waals surface area contributed by atoms with Crippen LogP contribution >= 0.6 is 0 Å². The predicted molar refractivity (Wildman–Crippen MR) is 70.7 cm³/mol. The van der Waals surface area contributed by atoms with Crippen LogP contribution in [0.5, 0.6) is 0 Å². The summed E-state index contributed by atoms with van der Waals surface area (Å²) in [6.07, 6.45) is 0. The van der Waals surface area contributed by atoms with E-state index in [2.05, 4.69) is 16.3 Å². The van der Waals surface area contributed by atoms with Gasteiger partial charge in [-0.25, -0.2) is 0 Å². The summed E-state index contributed by atoms with van der Waals surface area (Å²) in [6, 6.07) is 15.5. The molecule has 4 nitrogen and oxygen atoms in total. The van der Waals surface area contributed by atoms with Gasteiger partial charge in [0.25, 0.3) is 0 Å². The Morgan fingerprint density at radius 3 is 2.50 bits per heavy atom. The number of nitrogen functional groups attached to an aromatic ring is 1. The fraction of sp³-hybridized carbons (Fsp3) is 0. The molecule has 0 amide bonds. The van der Waals surface area contributed by atoms with Gasteiger partial charge in [-0.05, 0) is 35.4 Å². The molecule has 4 heteroatoms. The number of nitrogens with one attached hydrogen (secondary N) is 1. The van der Waals surface area contributed by atoms with Gasteiger partial charge in [-0.15, -0.1) is 0 Å². The number of nitriles is 1. The van der Waals surface area contributed by atoms with E-state index < -0.39 is 0 Å². The van der Waals surface area contributed by atoms with E-state index in [9.17, 15) is 0 Å². The Labute approximate surface area is 104 Å². The number of anilines is 1. The topological polar surface area (TPSA) is 78.5 Å². The van der Waals surface area contributed by atoms with Crippen LogP contribution in [-0.2, 0) is 0 Å². The van der Waals surface area contributed by atoms with Gasteiger partial charge in [-0.2, -0.15) is 10.4 Å². The maximum absolute atomic E-state index is 8.77. The minimum Gasteiger partial charge on any atom is -0.382 e. The number of nitrogens with two attached hydrogens (primary N) is 1. The SMILES string of the molecule is N#Cc1ccc(-c2ccc3c(N)n[nH]c3c2)cc1. The highest BCUT2D eigenvalue weighted by Gasteiger charge is 2.04. The van der Waals surface area contributed by atoms with Crippen molar-refractivity contribution in [3.8, 4) is 17.2 Å². The third-order valence-corrected chi connectivity index (χ3v) is 2.94. The van der Waals surface area contributed by atoms with E-state index >= 15 is 0 Å². The summed E-state index contributed by atoms with van der Waals surface area (Å²) in [5.41, 5.74) is 9.42. The van der Waals surface area contributed by atoms with Crippen molar-refractivity contribution in [1.29, 1.82) is 5.26 Å². The summed E-state index contributed by atoms with van der Waals surface area (Å²) in [5, 5.41) is 16.6. The number of hydrogen-bond acceptors (Lipinski definition) is 3. The van der Waals surface area contributed by atoms with Gasteiger partial charge < -0.3 is 5.73 Å². The predicted octanol–water partition coefficient (Wildman–Crippen LogP) is 2.68.